The first kappa shape index (κ1) is 23.6. The number of halogens is 1. The number of ketones is 1. The Labute approximate surface area is 196 Å². The highest BCUT2D eigenvalue weighted by Gasteiger charge is 2.42. The number of carbonyl (C=O) groups is 2. The molecular formula is C28H35FN2O2. The zero-order valence-corrected chi connectivity index (χ0v) is 19.6. The SMILES string of the molecule is CCC(=O)N(c1ccccc1)C1CCN(CCCC(=O)c2ccc(F)cc2)C2CCCCC21. The minimum Gasteiger partial charge on any atom is -0.309 e. The number of nitrogens with zero attached hydrogens (tertiary/aromatic N) is 2. The number of hydrogen-bond acceptors (Lipinski definition) is 3. The van der Waals surface area contributed by atoms with Crippen molar-refractivity contribution in [2.75, 3.05) is 18.0 Å². The smallest absolute Gasteiger partial charge is 0.226 e. The summed E-state index contributed by atoms with van der Waals surface area (Å²) in [7, 11) is 0. The van der Waals surface area contributed by atoms with Gasteiger partial charge in [0.05, 0.1) is 0 Å². The highest BCUT2D eigenvalue weighted by molar-refractivity contribution is 5.96. The van der Waals surface area contributed by atoms with E-state index in [-0.39, 0.29) is 23.5 Å². The summed E-state index contributed by atoms with van der Waals surface area (Å²) in [6.07, 6.45) is 7.53. The van der Waals surface area contributed by atoms with Crippen LogP contribution in [0.25, 0.3) is 0 Å². The highest BCUT2D eigenvalue weighted by atomic mass is 19.1. The van der Waals surface area contributed by atoms with E-state index >= 15 is 0 Å². The first-order valence-electron chi connectivity index (χ1n) is 12.5. The van der Waals surface area contributed by atoms with Crippen molar-refractivity contribution in [1.82, 2.24) is 4.90 Å². The zero-order valence-electron chi connectivity index (χ0n) is 19.6. The molecule has 1 saturated carbocycles. The van der Waals surface area contributed by atoms with E-state index in [0.29, 0.717) is 30.4 Å². The van der Waals surface area contributed by atoms with Gasteiger partial charge in [0.2, 0.25) is 5.91 Å². The molecule has 33 heavy (non-hydrogen) atoms. The molecule has 2 fully saturated rings. The van der Waals surface area contributed by atoms with E-state index < -0.39 is 0 Å². The molecule has 3 atom stereocenters. The molecule has 4 nitrogen and oxygen atoms in total. The van der Waals surface area contributed by atoms with Crippen LogP contribution in [0, 0.1) is 11.7 Å². The van der Waals surface area contributed by atoms with Crippen LogP contribution in [0.15, 0.2) is 54.6 Å². The van der Waals surface area contributed by atoms with Crippen molar-refractivity contribution < 1.29 is 14.0 Å². The lowest BCUT2D eigenvalue weighted by Gasteiger charge is -2.51. The van der Waals surface area contributed by atoms with E-state index in [9.17, 15) is 14.0 Å². The van der Waals surface area contributed by atoms with E-state index in [0.717, 1.165) is 44.5 Å². The number of likely N-dealkylation sites (tertiary alicyclic amines) is 1. The van der Waals surface area contributed by atoms with Crippen LogP contribution >= 0.6 is 0 Å². The monoisotopic (exact) mass is 450 g/mol. The molecule has 4 rings (SSSR count). The summed E-state index contributed by atoms with van der Waals surface area (Å²) >= 11 is 0. The number of amides is 1. The largest absolute Gasteiger partial charge is 0.309 e. The van der Waals surface area contributed by atoms with Crippen molar-refractivity contribution in [3.63, 3.8) is 0 Å². The third kappa shape index (κ3) is 5.52. The van der Waals surface area contributed by atoms with E-state index in [1.54, 1.807) is 12.1 Å². The number of anilines is 1. The number of carbonyl (C=O) groups excluding carboxylic acids is 2. The lowest BCUT2D eigenvalue weighted by Crippen LogP contribution is -2.59. The average molecular weight is 451 g/mol. The molecule has 1 heterocycles. The molecule has 1 aliphatic heterocycles. The van der Waals surface area contributed by atoms with Crippen molar-refractivity contribution in [1.29, 1.82) is 0 Å². The molecule has 0 aromatic heterocycles. The molecule has 0 bridgehead atoms. The lowest BCUT2D eigenvalue weighted by molar-refractivity contribution is -0.119. The van der Waals surface area contributed by atoms with E-state index in [4.69, 9.17) is 0 Å². The predicted molar refractivity (Wildman–Crippen MR) is 130 cm³/mol. The van der Waals surface area contributed by atoms with Crippen molar-refractivity contribution in [2.24, 2.45) is 5.92 Å². The second-order valence-electron chi connectivity index (χ2n) is 9.39. The van der Waals surface area contributed by atoms with E-state index in [1.807, 2.05) is 25.1 Å². The van der Waals surface area contributed by atoms with Gasteiger partial charge in [-0.25, -0.2) is 4.39 Å². The zero-order chi connectivity index (χ0) is 23.2. The Kier molecular flexibility index (Phi) is 7.92. The third-order valence-electron chi connectivity index (χ3n) is 7.41. The standard InChI is InChI=1S/C28H35FN2O2/c1-2-28(33)31(23-9-4-3-5-10-23)26-18-20-30(25-12-7-6-11-24(25)26)19-8-13-27(32)21-14-16-22(29)17-15-21/h3-5,9-10,14-17,24-26H,2,6-8,11-13,18-20H2,1H3. The van der Waals surface area contributed by atoms with Gasteiger partial charge in [-0.1, -0.05) is 38.0 Å². The lowest BCUT2D eigenvalue weighted by atomic mass is 9.74. The van der Waals surface area contributed by atoms with Gasteiger partial charge >= 0.3 is 0 Å². The minimum atomic E-state index is -0.316. The summed E-state index contributed by atoms with van der Waals surface area (Å²) < 4.78 is 13.1. The second-order valence-corrected chi connectivity index (χ2v) is 9.39. The molecular weight excluding hydrogens is 415 g/mol. The van der Waals surface area contributed by atoms with Gasteiger partial charge in [-0.05, 0) is 74.5 Å². The van der Waals surface area contributed by atoms with Gasteiger partial charge in [-0.2, -0.15) is 0 Å². The number of hydrogen-bond donors (Lipinski definition) is 0. The fourth-order valence-electron chi connectivity index (χ4n) is 5.82. The first-order valence-corrected chi connectivity index (χ1v) is 12.5. The molecule has 2 aliphatic rings. The first-order chi connectivity index (χ1) is 16.1. The molecule has 0 radical (unpaired) electrons. The van der Waals surface area contributed by atoms with Crippen LogP contribution in [0.1, 0.15) is 68.6 Å². The van der Waals surface area contributed by atoms with Crippen LogP contribution in [-0.2, 0) is 4.79 Å². The quantitative estimate of drug-likeness (QED) is 0.473. The molecule has 2 aromatic rings. The molecule has 5 heteroatoms. The maximum Gasteiger partial charge on any atom is 0.226 e. The number of rotatable bonds is 8. The summed E-state index contributed by atoms with van der Waals surface area (Å²) in [6, 6.07) is 16.7. The van der Waals surface area contributed by atoms with Crippen LogP contribution < -0.4 is 4.90 Å². The Hall–Kier alpha value is -2.53. The van der Waals surface area contributed by atoms with Crippen LogP contribution in [-0.4, -0.2) is 41.8 Å². The summed E-state index contributed by atoms with van der Waals surface area (Å²) in [5.41, 5.74) is 1.60. The number of para-hydroxylation sites is 1. The molecule has 176 valence electrons. The second kappa shape index (κ2) is 11.1. The Balaban J connectivity index is 1.42. The number of benzene rings is 2. The molecule has 1 aliphatic carbocycles. The van der Waals surface area contributed by atoms with Gasteiger partial charge in [0.25, 0.3) is 0 Å². The molecule has 0 N–H and O–H groups in total. The fraction of sp³-hybridized carbons (Fsp3) is 0.500. The van der Waals surface area contributed by atoms with Crippen LogP contribution in [0.3, 0.4) is 0 Å². The normalized spacial score (nSPS) is 23.0. The van der Waals surface area contributed by atoms with Gasteiger partial charge in [0, 0.05) is 42.7 Å². The average Bonchev–Trinajstić information content (AvgIpc) is 2.86. The summed E-state index contributed by atoms with van der Waals surface area (Å²) in [4.78, 5) is 30.2. The van der Waals surface area contributed by atoms with Crippen molar-refractivity contribution >= 4 is 17.4 Å². The fourth-order valence-corrected chi connectivity index (χ4v) is 5.82. The van der Waals surface area contributed by atoms with Gasteiger partial charge in [0.1, 0.15) is 5.82 Å². The third-order valence-corrected chi connectivity index (χ3v) is 7.41. The topological polar surface area (TPSA) is 40.6 Å². The molecule has 0 spiro atoms. The number of fused-ring (bicyclic) bond motifs is 1. The molecule has 1 amide bonds. The maximum absolute atomic E-state index is 13.1. The van der Waals surface area contributed by atoms with Gasteiger partial charge in [0.15, 0.2) is 5.78 Å². The molecule has 1 saturated heterocycles. The van der Waals surface area contributed by atoms with Crippen molar-refractivity contribution in [3.05, 3.63) is 66.0 Å². The van der Waals surface area contributed by atoms with Gasteiger partial charge in [-0.15, -0.1) is 0 Å². The van der Waals surface area contributed by atoms with Gasteiger partial charge in [-0.3, -0.25) is 14.5 Å². The maximum atomic E-state index is 13.1. The molecule has 3 unspecified atom stereocenters. The van der Waals surface area contributed by atoms with E-state index in [1.165, 1.54) is 25.0 Å². The van der Waals surface area contributed by atoms with E-state index in [2.05, 4.69) is 21.9 Å². The van der Waals surface area contributed by atoms with Crippen molar-refractivity contribution in [2.45, 2.75) is 70.4 Å². The Morgan fingerprint density at radius 3 is 2.45 bits per heavy atom. The van der Waals surface area contributed by atoms with Crippen LogP contribution in [0.5, 0.6) is 0 Å². The number of Topliss-reactive ketones (excluding diaryl/α,β-unsaturated/α-hetero) is 1. The summed E-state index contributed by atoms with van der Waals surface area (Å²) in [5.74, 6) is 0.433. The van der Waals surface area contributed by atoms with Crippen LogP contribution in [0.4, 0.5) is 10.1 Å². The molecule has 2 aromatic carbocycles. The number of piperidine rings is 1. The Morgan fingerprint density at radius 1 is 1.00 bits per heavy atom. The highest BCUT2D eigenvalue weighted by Crippen LogP contribution is 2.39. The summed E-state index contributed by atoms with van der Waals surface area (Å²) in [5, 5.41) is 0. The summed E-state index contributed by atoms with van der Waals surface area (Å²) in [6.45, 7) is 3.80. The van der Waals surface area contributed by atoms with Crippen LogP contribution in [0.2, 0.25) is 0 Å². The Bertz CT molecular complexity index is 931. The van der Waals surface area contributed by atoms with Gasteiger partial charge < -0.3 is 4.90 Å². The predicted octanol–water partition coefficient (Wildman–Crippen LogP) is 5.86. The minimum absolute atomic E-state index is 0.0777. The van der Waals surface area contributed by atoms with Crippen molar-refractivity contribution in [3.8, 4) is 0 Å². The Morgan fingerprint density at radius 2 is 1.73 bits per heavy atom.